The molecule has 0 spiro atoms. The van der Waals surface area contributed by atoms with E-state index in [-0.39, 0.29) is 11.8 Å². The van der Waals surface area contributed by atoms with Crippen molar-refractivity contribution in [3.63, 3.8) is 0 Å². The summed E-state index contributed by atoms with van der Waals surface area (Å²) in [5.41, 5.74) is -0.814. The van der Waals surface area contributed by atoms with Crippen molar-refractivity contribution in [2.24, 2.45) is 11.3 Å². The van der Waals surface area contributed by atoms with Crippen molar-refractivity contribution < 1.29 is 19.4 Å². The van der Waals surface area contributed by atoms with Crippen molar-refractivity contribution in [2.75, 3.05) is 39.4 Å². The van der Waals surface area contributed by atoms with Crippen molar-refractivity contribution in [2.45, 2.75) is 18.9 Å². The molecule has 3 aliphatic heterocycles. The number of aliphatic carboxylic acids is 1. The quantitative estimate of drug-likeness (QED) is 0.892. The van der Waals surface area contributed by atoms with E-state index in [4.69, 9.17) is 4.74 Å². The van der Waals surface area contributed by atoms with Crippen LogP contribution in [-0.2, 0) is 9.53 Å². The van der Waals surface area contributed by atoms with Crippen molar-refractivity contribution in [1.29, 1.82) is 0 Å². The molecule has 130 valence electrons. The topological polar surface area (TPSA) is 70.1 Å². The summed E-state index contributed by atoms with van der Waals surface area (Å²) in [5, 5.41) is 11.8. The molecule has 1 amide bonds. The van der Waals surface area contributed by atoms with Crippen LogP contribution < -0.4 is 0 Å². The number of fused-ring (bicyclic) bond motifs is 1. The standard InChI is InChI=1S/C17H22N2O4S/c20-15(14-2-1-7-24-14)19-9-12-8-18(13-3-5-23-6-4-13)10-17(12,11-19)16(21)22/h1-2,7,12-13H,3-6,8-11H2,(H,21,22). The Kier molecular flexibility index (Phi) is 4.10. The van der Waals surface area contributed by atoms with E-state index >= 15 is 0 Å². The fourth-order valence-electron chi connectivity index (χ4n) is 4.45. The Morgan fingerprint density at radius 2 is 2.04 bits per heavy atom. The van der Waals surface area contributed by atoms with E-state index in [9.17, 15) is 14.7 Å². The van der Waals surface area contributed by atoms with Crippen molar-refractivity contribution >= 4 is 23.2 Å². The second-order valence-corrected chi connectivity index (χ2v) is 8.04. The van der Waals surface area contributed by atoms with Crippen LogP contribution in [-0.4, -0.2) is 72.2 Å². The van der Waals surface area contributed by atoms with Gasteiger partial charge in [-0.25, -0.2) is 0 Å². The SMILES string of the molecule is O=C(c1cccs1)N1CC2CN(C3CCOCC3)CC2(C(=O)O)C1. The highest BCUT2D eigenvalue weighted by atomic mass is 32.1. The predicted octanol–water partition coefficient (Wildman–Crippen LogP) is 1.39. The molecule has 0 radical (unpaired) electrons. The molecule has 0 bridgehead atoms. The van der Waals surface area contributed by atoms with Gasteiger partial charge in [0.05, 0.1) is 4.88 Å². The molecule has 3 aliphatic rings. The molecule has 0 aliphatic carbocycles. The van der Waals surface area contributed by atoms with Gasteiger partial charge in [-0.2, -0.15) is 0 Å². The average molecular weight is 350 g/mol. The lowest BCUT2D eigenvalue weighted by molar-refractivity contribution is -0.148. The van der Waals surface area contributed by atoms with E-state index in [0.29, 0.717) is 30.6 Å². The summed E-state index contributed by atoms with van der Waals surface area (Å²) in [5.74, 6) is -0.775. The summed E-state index contributed by atoms with van der Waals surface area (Å²) in [6, 6.07) is 4.08. The lowest BCUT2D eigenvalue weighted by atomic mass is 9.81. The van der Waals surface area contributed by atoms with Crippen molar-refractivity contribution in [1.82, 2.24) is 9.80 Å². The van der Waals surface area contributed by atoms with Gasteiger partial charge in [-0.15, -0.1) is 11.3 Å². The number of carboxylic acids is 1. The predicted molar refractivity (Wildman–Crippen MR) is 89.2 cm³/mol. The van der Waals surface area contributed by atoms with Gasteiger partial charge in [0, 0.05) is 51.4 Å². The molecule has 3 saturated heterocycles. The second-order valence-electron chi connectivity index (χ2n) is 7.09. The Balaban J connectivity index is 1.51. The van der Waals surface area contributed by atoms with Crippen molar-refractivity contribution in [3.8, 4) is 0 Å². The summed E-state index contributed by atoms with van der Waals surface area (Å²) in [4.78, 5) is 29.5. The third kappa shape index (κ3) is 2.55. The van der Waals surface area contributed by atoms with Gasteiger partial charge in [0.1, 0.15) is 5.41 Å². The molecule has 3 fully saturated rings. The lowest BCUT2D eigenvalue weighted by Gasteiger charge is -2.33. The molecule has 4 rings (SSSR count). The smallest absolute Gasteiger partial charge is 0.313 e. The normalized spacial score (nSPS) is 31.3. The minimum Gasteiger partial charge on any atom is -0.481 e. The van der Waals surface area contributed by atoms with Crippen LogP contribution in [0.15, 0.2) is 17.5 Å². The summed E-state index contributed by atoms with van der Waals surface area (Å²) in [6.07, 6.45) is 1.94. The van der Waals surface area contributed by atoms with Crippen LogP contribution in [0, 0.1) is 11.3 Å². The molecule has 1 N–H and O–H groups in total. The maximum absolute atomic E-state index is 12.6. The number of thiophene rings is 1. The molecule has 2 unspecified atom stereocenters. The number of carbonyl (C=O) groups excluding carboxylic acids is 1. The van der Waals surface area contributed by atoms with Gasteiger partial charge in [0.2, 0.25) is 0 Å². The number of rotatable bonds is 3. The number of ether oxygens (including phenoxy) is 1. The highest BCUT2D eigenvalue weighted by Gasteiger charge is 2.59. The maximum Gasteiger partial charge on any atom is 0.313 e. The van der Waals surface area contributed by atoms with Crippen LogP contribution >= 0.6 is 11.3 Å². The van der Waals surface area contributed by atoms with Gasteiger partial charge in [-0.3, -0.25) is 14.5 Å². The van der Waals surface area contributed by atoms with E-state index in [0.717, 1.165) is 32.6 Å². The number of amides is 1. The third-order valence-electron chi connectivity index (χ3n) is 5.79. The molecule has 7 heteroatoms. The number of carboxylic acid groups (broad SMARTS) is 1. The van der Waals surface area contributed by atoms with E-state index in [2.05, 4.69) is 4.90 Å². The van der Waals surface area contributed by atoms with Crippen LogP contribution in [0.4, 0.5) is 0 Å². The van der Waals surface area contributed by atoms with Gasteiger partial charge >= 0.3 is 5.97 Å². The molecule has 6 nitrogen and oxygen atoms in total. The van der Waals surface area contributed by atoms with E-state index in [1.165, 1.54) is 11.3 Å². The number of nitrogens with zero attached hydrogens (tertiary/aromatic N) is 2. The van der Waals surface area contributed by atoms with Gasteiger partial charge in [0.25, 0.3) is 5.91 Å². The summed E-state index contributed by atoms with van der Waals surface area (Å²) < 4.78 is 5.42. The number of carbonyl (C=O) groups is 2. The van der Waals surface area contributed by atoms with Gasteiger partial charge in [-0.1, -0.05) is 6.07 Å². The van der Waals surface area contributed by atoms with Gasteiger partial charge < -0.3 is 14.7 Å². The number of hydrogen-bond acceptors (Lipinski definition) is 5. The zero-order valence-electron chi connectivity index (χ0n) is 13.5. The second kappa shape index (κ2) is 6.13. The first-order valence-corrected chi connectivity index (χ1v) is 9.36. The molecule has 4 heterocycles. The van der Waals surface area contributed by atoms with Crippen LogP contribution in [0.5, 0.6) is 0 Å². The number of hydrogen-bond donors (Lipinski definition) is 1. The Labute approximate surface area is 145 Å². The zero-order valence-corrected chi connectivity index (χ0v) is 14.3. The molecule has 0 aromatic carbocycles. The fraction of sp³-hybridized carbons (Fsp3) is 0.647. The molecular weight excluding hydrogens is 328 g/mol. The van der Waals surface area contributed by atoms with Gasteiger partial charge in [-0.05, 0) is 24.3 Å². The number of likely N-dealkylation sites (tertiary alicyclic amines) is 2. The Bertz CT molecular complexity index is 629. The van der Waals surface area contributed by atoms with Crippen LogP contribution in [0.1, 0.15) is 22.5 Å². The van der Waals surface area contributed by atoms with E-state index in [1.54, 1.807) is 4.90 Å². The van der Waals surface area contributed by atoms with E-state index in [1.807, 2.05) is 17.5 Å². The molecule has 24 heavy (non-hydrogen) atoms. The Hall–Kier alpha value is -1.44. The monoisotopic (exact) mass is 350 g/mol. The third-order valence-corrected chi connectivity index (χ3v) is 6.65. The summed E-state index contributed by atoms with van der Waals surface area (Å²) in [7, 11) is 0. The average Bonchev–Trinajstić information content (AvgIpc) is 3.29. The molecule has 0 saturated carbocycles. The Morgan fingerprint density at radius 1 is 1.25 bits per heavy atom. The van der Waals surface area contributed by atoms with E-state index < -0.39 is 11.4 Å². The van der Waals surface area contributed by atoms with Gasteiger partial charge in [0.15, 0.2) is 0 Å². The summed E-state index contributed by atoms with van der Waals surface area (Å²) in [6.45, 7) is 3.70. The van der Waals surface area contributed by atoms with Crippen LogP contribution in [0.25, 0.3) is 0 Å². The minimum atomic E-state index is -0.814. The molecule has 1 aromatic rings. The van der Waals surface area contributed by atoms with Crippen molar-refractivity contribution in [3.05, 3.63) is 22.4 Å². The minimum absolute atomic E-state index is 0.0155. The highest BCUT2D eigenvalue weighted by Crippen LogP contribution is 2.44. The van der Waals surface area contributed by atoms with Crippen LogP contribution in [0.3, 0.4) is 0 Å². The molecule has 1 aromatic heterocycles. The molecular formula is C17H22N2O4S. The largest absolute Gasteiger partial charge is 0.481 e. The maximum atomic E-state index is 12.6. The summed E-state index contributed by atoms with van der Waals surface area (Å²) >= 11 is 1.41. The first-order valence-electron chi connectivity index (χ1n) is 8.48. The molecule has 2 atom stereocenters. The fourth-order valence-corrected chi connectivity index (χ4v) is 5.14. The first-order chi connectivity index (χ1) is 11.6. The first kappa shape index (κ1) is 16.1. The van der Waals surface area contributed by atoms with Crippen LogP contribution in [0.2, 0.25) is 0 Å². The highest BCUT2D eigenvalue weighted by molar-refractivity contribution is 7.12. The lowest BCUT2D eigenvalue weighted by Crippen LogP contribution is -2.45. The zero-order chi connectivity index (χ0) is 16.7. The Morgan fingerprint density at radius 3 is 2.67 bits per heavy atom.